The molecule has 0 bridgehead atoms. The monoisotopic (exact) mass is 366 g/mol. The molecule has 8 nitrogen and oxygen atoms in total. The summed E-state index contributed by atoms with van der Waals surface area (Å²) in [7, 11) is 4.52. The molecule has 144 valence electrons. The second kappa shape index (κ2) is 8.11. The number of amides is 1. The molecule has 2 aliphatic rings. The van der Waals surface area contributed by atoms with Crippen molar-refractivity contribution in [2.75, 3.05) is 60.7 Å². The van der Waals surface area contributed by atoms with E-state index in [0.29, 0.717) is 49.1 Å². The van der Waals surface area contributed by atoms with Gasteiger partial charge in [-0.1, -0.05) is 0 Å². The molecule has 1 aromatic rings. The quantitative estimate of drug-likeness (QED) is 0.799. The van der Waals surface area contributed by atoms with Gasteiger partial charge in [0.1, 0.15) is 0 Å². The summed E-state index contributed by atoms with van der Waals surface area (Å²) >= 11 is 0. The van der Waals surface area contributed by atoms with Crippen molar-refractivity contribution in [3.63, 3.8) is 0 Å². The van der Waals surface area contributed by atoms with Crippen LogP contribution in [-0.4, -0.2) is 93.7 Å². The highest BCUT2D eigenvalue weighted by molar-refractivity contribution is 5.98. The fourth-order valence-corrected chi connectivity index (χ4v) is 3.64. The van der Waals surface area contributed by atoms with E-state index in [-0.39, 0.29) is 11.9 Å². The number of benzene rings is 1. The Hall–Kier alpha value is -2.03. The molecule has 2 saturated heterocycles. The number of methoxy groups -OCH3 is 3. The number of nitrogens with zero attached hydrogens (tertiary/aromatic N) is 2. The standard InChI is InChI=1S/C18H26N2O6/c1-23-15-5-4-12(16(24-2)17(15)25-3)18(22)20-10-13(14(21)11-20)19-6-8-26-9-7-19/h4-5,13-14,21H,6-11H2,1-3H3/t13-,14-/m0/s1. The van der Waals surface area contributed by atoms with Crippen LogP contribution >= 0.6 is 0 Å². The zero-order chi connectivity index (χ0) is 18.7. The molecule has 2 heterocycles. The van der Waals surface area contributed by atoms with Crippen molar-refractivity contribution in [1.29, 1.82) is 0 Å². The number of ether oxygens (including phenoxy) is 4. The number of hydrogen-bond donors (Lipinski definition) is 1. The number of aliphatic hydroxyl groups excluding tert-OH is 1. The van der Waals surface area contributed by atoms with E-state index in [1.54, 1.807) is 17.0 Å². The zero-order valence-corrected chi connectivity index (χ0v) is 15.4. The normalized spacial score (nSPS) is 23.8. The maximum atomic E-state index is 13.1. The topological polar surface area (TPSA) is 80.7 Å². The third-order valence-electron chi connectivity index (χ3n) is 5.00. The summed E-state index contributed by atoms with van der Waals surface area (Å²) in [6.45, 7) is 3.60. The lowest BCUT2D eigenvalue weighted by atomic mass is 10.1. The molecule has 26 heavy (non-hydrogen) atoms. The Morgan fingerprint density at radius 1 is 1.08 bits per heavy atom. The summed E-state index contributed by atoms with van der Waals surface area (Å²) in [5.41, 5.74) is 0.389. The van der Waals surface area contributed by atoms with Crippen LogP contribution in [-0.2, 0) is 4.74 Å². The van der Waals surface area contributed by atoms with Gasteiger partial charge in [0.05, 0.1) is 52.3 Å². The predicted molar refractivity (Wildman–Crippen MR) is 94.2 cm³/mol. The fraction of sp³-hybridized carbons (Fsp3) is 0.611. The van der Waals surface area contributed by atoms with Crippen LogP contribution in [0.2, 0.25) is 0 Å². The molecule has 8 heteroatoms. The summed E-state index contributed by atoms with van der Waals surface area (Å²) in [4.78, 5) is 16.9. The summed E-state index contributed by atoms with van der Waals surface area (Å²) in [5.74, 6) is 1.01. The van der Waals surface area contributed by atoms with E-state index in [1.807, 2.05) is 0 Å². The van der Waals surface area contributed by atoms with Gasteiger partial charge in [-0.15, -0.1) is 0 Å². The summed E-state index contributed by atoms with van der Waals surface area (Å²) < 4.78 is 21.4. The highest BCUT2D eigenvalue weighted by Crippen LogP contribution is 2.40. The van der Waals surface area contributed by atoms with Gasteiger partial charge < -0.3 is 29.0 Å². The van der Waals surface area contributed by atoms with Gasteiger partial charge in [-0.25, -0.2) is 0 Å². The van der Waals surface area contributed by atoms with Crippen LogP contribution in [0, 0.1) is 0 Å². The minimum absolute atomic E-state index is 0.0750. The first-order chi connectivity index (χ1) is 12.6. The maximum absolute atomic E-state index is 13.1. The minimum Gasteiger partial charge on any atom is -0.493 e. The summed E-state index contributed by atoms with van der Waals surface area (Å²) in [6, 6.07) is 3.27. The van der Waals surface area contributed by atoms with E-state index >= 15 is 0 Å². The van der Waals surface area contributed by atoms with Gasteiger partial charge in [-0.2, -0.15) is 0 Å². The van der Waals surface area contributed by atoms with Crippen molar-refractivity contribution >= 4 is 5.91 Å². The lowest BCUT2D eigenvalue weighted by molar-refractivity contribution is -0.00611. The Morgan fingerprint density at radius 3 is 2.38 bits per heavy atom. The Morgan fingerprint density at radius 2 is 1.77 bits per heavy atom. The SMILES string of the molecule is COc1ccc(C(=O)N2C[C@H](O)[C@@H](N3CCOCC3)C2)c(OC)c1OC. The number of carbonyl (C=O) groups is 1. The third kappa shape index (κ3) is 3.44. The second-order valence-corrected chi connectivity index (χ2v) is 6.38. The third-order valence-corrected chi connectivity index (χ3v) is 5.00. The van der Waals surface area contributed by atoms with Crippen LogP contribution in [0.3, 0.4) is 0 Å². The van der Waals surface area contributed by atoms with Gasteiger partial charge in [0.25, 0.3) is 5.91 Å². The number of likely N-dealkylation sites (tertiary alicyclic amines) is 1. The van der Waals surface area contributed by atoms with Crippen LogP contribution in [0.1, 0.15) is 10.4 Å². The highest BCUT2D eigenvalue weighted by Gasteiger charge is 2.39. The average molecular weight is 366 g/mol. The van der Waals surface area contributed by atoms with Crippen LogP contribution in [0.25, 0.3) is 0 Å². The number of aliphatic hydroxyl groups is 1. The molecule has 1 N–H and O–H groups in total. The van der Waals surface area contributed by atoms with E-state index in [1.165, 1.54) is 21.3 Å². The largest absolute Gasteiger partial charge is 0.493 e. The zero-order valence-electron chi connectivity index (χ0n) is 15.4. The maximum Gasteiger partial charge on any atom is 0.257 e. The Kier molecular flexibility index (Phi) is 5.85. The lowest BCUT2D eigenvalue weighted by Gasteiger charge is -2.33. The van der Waals surface area contributed by atoms with Crippen molar-refractivity contribution in [3.8, 4) is 17.2 Å². The summed E-state index contributed by atoms with van der Waals surface area (Å²) in [5, 5.41) is 10.5. The predicted octanol–water partition coefficient (Wildman–Crippen LogP) is 0.230. The van der Waals surface area contributed by atoms with E-state index in [4.69, 9.17) is 18.9 Å². The number of hydrogen-bond acceptors (Lipinski definition) is 7. The first-order valence-electron chi connectivity index (χ1n) is 8.68. The van der Waals surface area contributed by atoms with Crippen LogP contribution in [0.15, 0.2) is 12.1 Å². The molecule has 1 amide bonds. The van der Waals surface area contributed by atoms with Crippen molar-refractivity contribution in [2.24, 2.45) is 0 Å². The molecule has 2 atom stereocenters. The Labute approximate surface area is 153 Å². The van der Waals surface area contributed by atoms with Crippen molar-refractivity contribution in [2.45, 2.75) is 12.1 Å². The van der Waals surface area contributed by atoms with Gasteiger partial charge in [0.2, 0.25) is 5.75 Å². The first kappa shape index (κ1) is 18.8. The first-order valence-corrected chi connectivity index (χ1v) is 8.68. The lowest BCUT2D eigenvalue weighted by Crippen LogP contribution is -2.49. The number of morpholine rings is 1. The van der Waals surface area contributed by atoms with Crippen LogP contribution in [0.5, 0.6) is 17.2 Å². The molecule has 0 unspecified atom stereocenters. The molecular weight excluding hydrogens is 340 g/mol. The van der Waals surface area contributed by atoms with E-state index < -0.39 is 6.10 Å². The van der Waals surface area contributed by atoms with E-state index in [0.717, 1.165) is 13.1 Å². The molecule has 1 aromatic carbocycles. The molecular formula is C18H26N2O6. The Bertz CT molecular complexity index is 647. The van der Waals surface area contributed by atoms with E-state index in [9.17, 15) is 9.90 Å². The smallest absolute Gasteiger partial charge is 0.257 e. The van der Waals surface area contributed by atoms with Crippen LogP contribution in [0.4, 0.5) is 0 Å². The van der Waals surface area contributed by atoms with Gasteiger partial charge in [-0.05, 0) is 12.1 Å². The van der Waals surface area contributed by atoms with Gasteiger partial charge in [0, 0.05) is 26.2 Å². The number of β-amino-alcohol motifs (C(OH)–C–C–N with tert-alkyl or cyclic N) is 1. The molecule has 3 rings (SSSR count). The van der Waals surface area contributed by atoms with Gasteiger partial charge in [0.15, 0.2) is 11.5 Å². The number of rotatable bonds is 5. The minimum atomic E-state index is -0.580. The molecule has 2 fully saturated rings. The van der Waals surface area contributed by atoms with Crippen LogP contribution < -0.4 is 14.2 Å². The van der Waals surface area contributed by atoms with Crippen molar-refractivity contribution in [1.82, 2.24) is 9.80 Å². The molecule has 0 aromatic heterocycles. The second-order valence-electron chi connectivity index (χ2n) is 6.38. The van der Waals surface area contributed by atoms with Crippen molar-refractivity contribution in [3.05, 3.63) is 17.7 Å². The highest BCUT2D eigenvalue weighted by atomic mass is 16.5. The molecule has 0 spiro atoms. The number of carbonyl (C=O) groups excluding carboxylic acids is 1. The molecule has 0 radical (unpaired) electrons. The van der Waals surface area contributed by atoms with Gasteiger partial charge in [-0.3, -0.25) is 9.69 Å². The fourth-order valence-electron chi connectivity index (χ4n) is 3.64. The van der Waals surface area contributed by atoms with Crippen molar-refractivity contribution < 1.29 is 28.8 Å². The van der Waals surface area contributed by atoms with Gasteiger partial charge >= 0.3 is 0 Å². The molecule has 2 aliphatic heterocycles. The average Bonchev–Trinajstić information content (AvgIpc) is 3.08. The summed E-state index contributed by atoms with van der Waals surface area (Å²) in [6.07, 6.45) is -0.580. The molecule has 0 aliphatic carbocycles. The molecule has 0 saturated carbocycles. The Balaban J connectivity index is 1.81. The van der Waals surface area contributed by atoms with E-state index in [2.05, 4.69) is 4.90 Å².